The Bertz CT molecular complexity index is 640. The predicted octanol–water partition coefficient (Wildman–Crippen LogP) is 0.916. The summed E-state index contributed by atoms with van der Waals surface area (Å²) in [7, 11) is 0. The molecule has 2 N–H and O–H groups in total. The molecule has 0 aliphatic heterocycles. The molecule has 5 nitrogen and oxygen atoms in total. The molecule has 18 heavy (non-hydrogen) atoms. The summed E-state index contributed by atoms with van der Waals surface area (Å²) in [6, 6.07) is 1.99. The second-order valence-corrected chi connectivity index (χ2v) is 4.77. The van der Waals surface area contributed by atoms with Crippen molar-refractivity contribution in [3.8, 4) is 0 Å². The van der Waals surface area contributed by atoms with Gasteiger partial charge in [-0.05, 0) is 35.7 Å². The maximum absolute atomic E-state index is 12.0. The van der Waals surface area contributed by atoms with Gasteiger partial charge >= 0.3 is 5.69 Å². The van der Waals surface area contributed by atoms with Crippen molar-refractivity contribution in [2.75, 3.05) is 5.73 Å². The van der Waals surface area contributed by atoms with Crippen LogP contribution in [0.2, 0.25) is 0 Å². The SMILES string of the molecule is CCn1cc(N)c(=O)n(CCc2ccsc2)c1=O. The molecule has 2 aromatic rings. The van der Waals surface area contributed by atoms with E-state index < -0.39 is 5.56 Å². The van der Waals surface area contributed by atoms with E-state index in [0.29, 0.717) is 19.5 Å². The quantitative estimate of drug-likeness (QED) is 0.893. The van der Waals surface area contributed by atoms with Crippen LogP contribution in [0.3, 0.4) is 0 Å². The van der Waals surface area contributed by atoms with E-state index in [2.05, 4.69) is 0 Å². The van der Waals surface area contributed by atoms with Gasteiger partial charge in [0.1, 0.15) is 5.69 Å². The number of nitrogens with two attached hydrogens (primary N) is 1. The summed E-state index contributed by atoms with van der Waals surface area (Å²) in [6.07, 6.45) is 2.07. The minimum Gasteiger partial charge on any atom is -0.393 e. The Morgan fingerprint density at radius 3 is 2.78 bits per heavy atom. The molecule has 0 radical (unpaired) electrons. The molecule has 2 heterocycles. The summed E-state index contributed by atoms with van der Waals surface area (Å²) in [5, 5.41) is 3.98. The zero-order valence-electron chi connectivity index (χ0n) is 10.1. The number of hydrogen-bond donors (Lipinski definition) is 1. The van der Waals surface area contributed by atoms with Crippen LogP contribution in [-0.2, 0) is 19.5 Å². The van der Waals surface area contributed by atoms with Gasteiger partial charge in [0.25, 0.3) is 5.56 Å². The Morgan fingerprint density at radius 2 is 2.17 bits per heavy atom. The first-order valence-corrected chi connectivity index (χ1v) is 6.68. The molecular formula is C12H15N3O2S. The van der Waals surface area contributed by atoms with Gasteiger partial charge in [0.2, 0.25) is 0 Å². The molecule has 0 aliphatic rings. The summed E-state index contributed by atoms with van der Waals surface area (Å²) < 4.78 is 2.65. The lowest BCUT2D eigenvalue weighted by Crippen LogP contribution is -2.40. The van der Waals surface area contributed by atoms with Crippen molar-refractivity contribution < 1.29 is 0 Å². The molecule has 0 amide bonds. The van der Waals surface area contributed by atoms with Crippen molar-refractivity contribution >= 4 is 17.0 Å². The number of aromatic nitrogens is 2. The minimum atomic E-state index is -0.403. The van der Waals surface area contributed by atoms with Crippen LogP contribution in [0.1, 0.15) is 12.5 Å². The van der Waals surface area contributed by atoms with Crippen molar-refractivity contribution in [1.82, 2.24) is 9.13 Å². The fourth-order valence-corrected chi connectivity index (χ4v) is 2.48. The van der Waals surface area contributed by atoms with E-state index in [9.17, 15) is 9.59 Å². The number of aryl methyl sites for hydroxylation is 2. The van der Waals surface area contributed by atoms with Gasteiger partial charge in [-0.2, -0.15) is 11.3 Å². The fourth-order valence-electron chi connectivity index (χ4n) is 1.78. The molecule has 0 fully saturated rings. The zero-order valence-corrected chi connectivity index (χ0v) is 10.9. The first kappa shape index (κ1) is 12.6. The molecule has 0 bridgehead atoms. The van der Waals surface area contributed by atoms with Crippen LogP contribution in [0.15, 0.2) is 32.6 Å². The molecule has 0 aliphatic carbocycles. The molecule has 0 aromatic carbocycles. The summed E-state index contributed by atoms with van der Waals surface area (Å²) in [4.78, 5) is 23.8. The lowest BCUT2D eigenvalue weighted by Gasteiger charge is -2.09. The van der Waals surface area contributed by atoms with Gasteiger partial charge < -0.3 is 5.73 Å². The van der Waals surface area contributed by atoms with Crippen LogP contribution in [0, 0.1) is 0 Å². The molecule has 0 unspecified atom stereocenters. The van der Waals surface area contributed by atoms with Crippen molar-refractivity contribution in [2.45, 2.75) is 26.4 Å². The van der Waals surface area contributed by atoms with E-state index in [1.807, 2.05) is 23.8 Å². The van der Waals surface area contributed by atoms with Gasteiger partial charge in [0.15, 0.2) is 0 Å². The molecule has 0 atom stereocenters. The maximum Gasteiger partial charge on any atom is 0.331 e. The standard InChI is InChI=1S/C12H15N3O2S/c1-2-14-7-10(13)11(16)15(12(14)17)5-3-9-4-6-18-8-9/h4,6-8H,2-3,5,13H2,1H3. The highest BCUT2D eigenvalue weighted by atomic mass is 32.1. The van der Waals surface area contributed by atoms with Crippen LogP contribution in [0.5, 0.6) is 0 Å². The van der Waals surface area contributed by atoms with Crippen molar-refractivity contribution in [2.24, 2.45) is 0 Å². The third-order valence-electron chi connectivity index (χ3n) is 2.81. The molecule has 96 valence electrons. The number of rotatable bonds is 4. The third kappa shape index (κ3) is 2.38. The summed E-state index contributed by atoms with van der Waals surface area (Å²) in [6.45, 7) is 2.70. The number of nitrogens with zero attached hydrogens (tertiary/aromatic N) is 2. The maximum atomic E-state index is 12.0. The van der Waals surface area contributed by atoms with E-state index in [0.717, 1.165) is 5.56 Å². The lowest BCUT2D eigenvalue weighted by atomic mass is 10.2. The Labute approximate surface area is 108 Å². The molecule has 0 saturated heterocycles. The van der Waals surface area contributed by atoms with E-state index in [4.69, 9.17) is 5.73 Å². The highest BCUT2D eigenvalue weighted by Crippen LogP contribution is 2.06. The molecule has 0 spiro atoms. The lowest BCUT2D eigenvalue weighted by molar-refractivity contribution is 0.568. The Kier molecular flexibility index (Phi) is 3.66. The summed E-state index contributed by atoms with van der Waals surface area (Å²) in [5.41, 5.74) is 6.16. The zero-order chi connectivity index (χ0) is 13.1. The molecule has 0 saturated carbocycles. The van der Waals surface area contributed by atoms with Crippen molar-refractivity contribution in [3.05, 3.63) is 49.4 Å². The number of thiophene rings is 1. The van der Waals surface area contributed by atoms with Gasteiger partial charge in [-0.1, -0.05) is 0 Å². The smallest absolute Gasteiger partial charge is 0.331 e. The molecule has 6 heteroatoms. The summed E-state index contributed by atoms with van der Waals surface area (Å²) >= 11 is 1.60. The normalized spacial score (nSPS) is 10.7. The Balaban J connectivity index is 2.35. The van der Waals surface area contributed by atoms with Crippen LogP contribution in [-0.4, -0.2) is 9.13 Å². The van der Waals surface area contributed by atoms with Gasteiger partial charge in [-0.3, -0.25) is 13.9 Å². The number of nitrogen functional groups attached to an aromatic ring is 1. The fraction of sp³-hybridized carbons (Fsp3) is 0.333. The second-order valence-electron chi connectivity index (χ2n) is 3.99. The number of anilines is 1. The first-order chi connectivity index (χ1) is 8.63. The van der Waals surface area contributed by atoms with Crippen LogP contribution in [0.4, 0.5) is 5.69 Å². The van der Waals surface area contributed by atoms with Crippen LogP contribution < -0.4 is 17.0 Å². The average molecular weight is 265 g/mol. The highest BCUT2D eigenvalue weighted by Gasteiger charge is 2.08. The predicted molar refractivity (Wildman–Crippen MR) is 73.1 cm³/mol. The van der Waals surface area contributed by atoms with E-state index in [1.54, 1.807) is 11.3 Å². The third-order valence-corrected chi connectivity index (χ3v) is 3.54. The van der Waals surface area contributed by atoms with Crippen LogP contribution in [0.25, 0.3) is 0 Å². The average Bonchev–Trinajstić information content (AvgIpc) is 2.87. The van der Waals surface area contributed by atoms with Crippen molar-refractivity contribution in [1.29, 1.82) is 0 Å². The van der Waals surface area contributed by atoms with E-state index >= 15 is 0 Å². The van der Waals surface area contributed by atoms with E-state index in [-0.39, 0.29) is 11.4 Å². The second kappa shape index (κ2) is 5.22. The monoisotopic (exact) mass is 265 g/mol. The minimum absolute atomic E-state index is 0.113. The van der Waals surface area contributed by atoms with Crippen LogP contribution >= 0.6 is 11.3 Å². The topological polar surface area (TPSA) is 70.0 Å². The Morgan fingerprint density at radius 1 is 1.39 bits per heavy atom. The van der Waals surface area contributed by atoms with Gasteiger partial charge in [-0.15, -0.1) is 0 Å². The van der Waals surface area contributed by atoms with E-state index in [1.165, 1.54) is 15.3 Å². The largest absolute Gasteiger partial charge is 0.393 e. The first-order valence-electron chi connectivity index (χ1n) is 5.74. The molecule has 2 aromatic heterocycles. The van der Waals surface area contributed by atoms with Crippen molar-refractivity contribution in [3.63, 3.8) is 0 Å². The van der Waals surface area contributed by atoms with Gasteiger partial charge in [0, 0.05) is 19.3 Å². The molecule has 2 rings (SSSR count). The molecular weight excluding hydrogens is 250 g/mol. The Hall–Kier alpha value is -1.82. The highest BCUT2D eigenvalue weighted by molar-refractivity contribution is 7.07. The number of hydrogen-bond acceptors (Lipinski definition) is 4. The summed E-state index contributed by atoms with van der Waals surface area (Å²) in [5.74, 6) is 0. The van der Waals surface area contributed by atoms with Gasteiger partial charge in [0.05, 0.1) is 0 Å². The van der Waals surface area contributed by atoms with Gasteiger partial charge in [-0.25, -0.2) is 4.79 Å².